The summed E-state index contributed by atoms with van der Waals surface area (Å²) in [7, 11) is 0. The predicted molar refractivity (Wildman–Crippen MR) is 68.5 cm³/mol. The summed E-state index contributed by atoms with van der Waals surface area (Å²) in [6.45, 7) is 6.50. The van der Waals surface area contributed by atoms with Crippen molar-refractivity contribution in [1.82, 2.24) is 0 Å². The van der Waals surface area contributed by atoms with Gasteiger partial charge in [0.25, 0.3) is 0 Å². The third kappa shape index (κ3) is 4.49. The number of hydrogen-bond acceptors (Lipinski definition) is 0. The van der Waals surface area contributed by atoms with Crippen LogP contribution in [0.2, 0.25) is 0 Å². The Balaban J connectivity index is 0.000000245. The first-order chi connectivity index (χ1) is 7.20. The van der Waals surface area contributed by atoms with Crippen molar-refractivity contribution < 1.29 is 0 Å². The van der Waals surface area contributed by atoms with Gasteiger partial charge >= 0.3 is 0 Å². The van der Waals surface area contributed by atoms with E-state index >= 15 is 0 Å². The van der Waals surface area contributed by atoms with Crippen molar-refractivity contribution in [2.75, 3.05) is 0 Å². The summed E-state index contributed by atoms with van der Waals surface area (Å²) in [6, 6.07) is 8.27. The Bertz CT molecular complexity index is 385. The lowest BCUT2D eigenvalue weighted by atomic mass is 10.1. The molecule has 0 bridgehead atoms. The van der Waals surface area contributed by atoms with E-state index < -0.39 is 0 Å². The molecule has 15 heavy (non-hydrogen) atoms. The molecule has 1 aliphatic rings. The second kappa shape index (κ2) is 6.06. The summed E-state index contributed by atoms with van der Waals surface area (Å²) in [5.41, 5.74) is 5.56. The number of hydrogen-bond donors (Lipinski definition) is 0. The highest BCUT2D eigenvalue weighted by molar-refractivity contribution is 5.67. The monoisotopic (exact) mass is 198 g/mol. The lowest BCUT2D eigenvalue weighted by Crippen LogP contribution is -1.76. The maximum atomic E-state index is 3.07. The molecule has 0 spiro atoms. The number of fused-ring (bicyclic) bond motifs is 1. The highest BCUT2D eigenvalue weighted by atomic mass is 14.0. The SMILES string of the molecule is C1=CC=Cc2ccccc2C=1.CC(C)C. The molecule has 0 amide bonds. The van der Waals surface area contributed by atoms with Gasteiger partial charge in [-0.3, -0.25) is 0 Å². The lowest BCUT2D eigenvalue weighted by molar-refractivity contribution is 0.737. The molecule has 0 saturated carbocycles. The molecule has 1 aromatic carbocycles. The molecule has 78 valence electrons. The maximum absolute atomic E-state index is 3.07. The Kier molecular flexibility index (Phi) is 4.66. The summed E-state index contributed by atoms with van der Waals surface area (Å²) in [5, 5.41) is 0. The highest BCUT2D eigenvalue weighted by Gasteiger charge is 1.93. The molecule has 0 aromatic heterocycles. The van der Waals surface area contributed by atoms with Crippen molar-refractivity contribution in [3.63, 3.8) is 0 Å². The van der Waals surface area contributed by atoms with Crippen molar-refractivity contribution in [1.29, 1.82) is 0 Å². The van der Waals surface area contributed by atoms with Crippen molar-refractivity contribution in [3.05, 3.63) is 53.3 Å². The number of allylic oxidation sites excluding steroid dienone is 2. The third-order valence-electron chi connectivity index (χ3n) is 1.70. The molecule has 2 rings (SSSR count). The molecule has 0 atom stereocenters. The Morgan fingerprint density at radius 1 is 1.00 bits per heavy atom. The van der Waals surface area contributed by atoms with E-state index in [2.05, 4.69) is 44.7 Å². The van der Waals surface area contributed by atoms with Crippen LogP contribution < -0.4 is 0 Å². The lowest BCUT2D eigenvalue weighted by Gasteiger charge is -1.96. The zero-order chi connectivity index (χ0) is 11.1. The summed E-state index contributed by atoms with van der Waals surface area (Å²) >= 11 is 0. The largest absolute Gasteiger partial charge is 0.120 e. The fourth-order valence-corrected chi connectivity index (χ4v) is 1.14. The highest BCUT2D eigenvalue weighted by Crippen LogP contribution is 2.13. The van der Waals surface area contributed by atoms with Crippen LogP contribution in [0.3, 0.4) is 0 Å². The minimum Gasteiger partial charge on any atom is -0.120 e. The van der Waals surface area contributed by atoms with Crippen LogP contribution in [-0.4, -0.2) is 0 Å². The fraction of sp³-hybridized carbons (Fsp3) is 0.267. The van der Waals surface area contributed by atoms with Gasteiger partial charge < -0.3 is 0 Å². The fourth-order valence-electron chi connectivity index (χ4n) is 1.14. The second-order valence-electron chi connectivity index (χ2n) is 4.20. The molecule has 0 unspecified atom stereocenters. The quantitative estimate of drug-likeness (QED) is 0.537. The van der Waals surface area contributed by atoms with Gasteiger partial charge in [0.05, 0.1) is 0 Å². The van der Waals surface area contributed by atoms with Crippen LogP contribution in [0.25, 0.3) is 12.2 Å². The molecule has 0 radical (unpaired) electrons. The molecule has 0 N–H and O–H groups in total. The van der Waals surface area contributed by atoms with E-state index in [0.717, 1.165) is 5.92 Å². The van der Waals surface area contributed by atoms with Gasteiger partial charge in [0.1, 0.15) is 0 Å². The van der Waals surface area contributed by atoms with E-state index in [-0.39, 0.29) is 0 Å². The van der Waals surface area contributed by atoms with Gasteiger partial charge in [-0.2, -0.15) is 0 Å². The Labute approximate surface area is 92.6 Å². The van der Waals surface area contributed by atoms with E-state index in [1.807, 2.05) is 30.4 Å². The molecular weight excluding hydrogens is 180 g/mol. The van der Waals surface area contributed by atoms with Crippen LogP contribution in [-0.2, 0) is 0 Å². The molecule has 0 heterocycles. The Morgan fingerprint density at radius 3 is 2.27 bits per heavy atom. The molecule has 0 nitrogen and oxygen atoms in total. The summed E-state index contributed by atoms with van der Waals surface area (Å²) in [4.78, 5) is 0. The first-order valence-electron chi connectivity index (χ1n) is 5.38. The van der Waals surface area contributed by atoms with Crippen molar-refractivity contribution >= 4 is 12.2 Å². The molecule has 0 saturated heterocycles. The summed E-state index contributed by atoms with van der Waals surface area (Å²) in [6.07, 6.45) is 8.00. The van der Waals surface area contributed by atoms with Gasteiger partial charge in [-0.25, -0.2) is 0 Å². The third-order valence-corrected chi connectivity index (χ3v) is 1.70. The molecule has 0 aliphatic heterocycles. The van der Waals surface area contributed by atoms with Crippen LogP contribution in [0, 0.1) is 5.92 Å². The minimum absolute atomic E-state index is 0.833. The van der Waals surface area contributed by atoms with Gasteiger partial charge in [-0.15, -0.1) is 5.73 Å². The zero-order valence-electron chi connectivity index (χ0n) is 9.70. The maximum Gasteiger partial charge on any atom is -0.0107 e. The van der Waals surface area contributed by atoms with Crippen molar-refractivity contribution in [2.45, 2.75) is 20.8 Å². The molecule has 1 aromatic rings. The van der Waals surface area contributed by atoms with E-state index in [1.54, 1.807) is 0 Å². The number of rotatable bonds is 0. The minimum atomic E-state index is 0.833. The van der Waals surface area contributed by atoms with Gasteiger partial charge in [0.2, 0.25) is 0 Å². The molecular formula is C15H18. The topological polar surface area (TPSA) is 0 Å². The Morgan fingerprint density at radius 2 is 1.60 bits per heavy atom. The molecule has 0 fully saturated rings. The molecule has 1 aliphatic carbocycles. The van der Waals surface area contributed by atoms with Crippen molar-refractivity contribution in [2.24, 2.45) is 5.92 Å². The average Bonchev–Trinajstić information content (AvgIpc) is 2.41. The van der Waals surface area contributed by atoms with Crippen LogP contribution in [0.15, 0.2) is 42.1 Å². The average molecular weight is 198 g/mol. The summed E-state index contributed by atoms with van der Waals surface area (Å²) in [5.74, 6) is 0.833. The van der Waals surface area contributed by atoms with E-state index in [4.69, 9.17) is 0 Å². The zero-order valence-corrected chi connectivity index (χ0v) is 9.70. The van der Waals surface area contributed by atoms with Gasteiger partial charge in [-0.05, 0) is 29.2 Å². The molecule has 0 heteroatoms. The van der Waals surface area contributed by atoms with E-state index in [9.17, 15) is 0 Å². The Hall–Kier alpha value is -1.52. The van der Waals surface area contributed by atoms with Crippen LogP contribution in [0.5, 0.6) is 0 Å². The smallest absolute Gasteiger partial charge is 0.0107 e. The van der Waals surface area contributed by atoms with Gasteiger partial charge in [0.15, 0.2) is 0 Å². The second-order valence-corrected chi connectivity index (χ2v) is 4.20. The predicted octanol–water partition coefficient (Wildman–Crippen LogP) is 4.54. The first kappa shape index (κ1) is 11.6. The van der Waals surface area contributed by atoms with Gasteiger partial charge in [-0.1, -0.05) is 57.2 Å². The van der Waals surface area contributed by atoms with Crippen LogP contribution in [0.1, 0.15) is 31.9 Å². The number of benzene rings is 1. The first-order valence-corrected chi connectivity index (χ1v) is 5.38. The van der Waals surface area contributed by atoms with Crippen LogP contribution in [0.4, 0.5) is 0 Å². The normalized spacial score (nSPS) is 11.7. The van der Waals surface area contributed by atoms with Crippen LogP contribution >= 0.6 is 0 Å². The standard InChI is InChI=1S/C11H8.C4H10/c1-2-6-10-8-4-5-9-11(10)7-3-1;1-4(2)3/h1-2,4-9H;4H,1-3H3. The summed E-state index contributed by atoms with van der Waals surface area (Å²) < 4.78 is 0. The van der Waals surface area contributed by atoms with Crippen molar-refractivity contribution in [3.8, 4) is 0 Å². The van der Waals surface area contributed by atoms with Gasteiger partial charge in [0, 0.05) is 0 Å². The van der Waals surface area contributed by atoms with E-state index in [0.29, 0.717) is 0 Å². The van der Waals surface area contributed by atoms with E-state index in [1.165, 1.54) is 11.1 Å².